The number of fused-ring (bicyclic) bond motifs is 1. The summed E-state index contributed by atoms with van der Waals surface area (Å²) in [7, 11) is 3.48. The molecule has 0 saturated heterocycles. The lowest BCUT2D eigenvalue weighted by atomic mass is 9.97. The molecule has 1 aliphatic carbocycles. The minimum absolute atomic E-state index is 0.000790. The fourth-order valence-electron chi connectivity index (χ4n) is 3.63. The number of carbonyl (C=O) groups is 1. The Morgan fingerprint density at radius 3 is 2.76 bits per heavy atom. The van der Waals surface area contributed by atoms with E-state index in [-0.39, 0.29) is 18.3 Å². The van der Waals surface area contributed by atoms with Gasteiger partial charge < -0.3 is 9.47 Å². The predicted molar refractivity (Wildman–Crippen MR) is 110 cm³/mol. The third-order valence-electron chi connectivity index (χ3n) is 5.41. The second-order valence-electron chi connectivity index (χ2n) is 7.83. The number of aryl methyl sites for hydroxylation is 2. The van der Waals surface area contributed by atoms with Gasteiger partial charge in [0.05, 0.1) is 12.8 Å². The van der Waals surface area contributed by atoms with Gasteiger partial charge in [-0.3, -0.25) is 9.48 Å². The lowest BCUT2D eigenvalue weighted by Gasteiger charge is -2.12. The summed E-state index contributed by atoms with van der Waals surface area (Å²) >= 11 is 0. The maximum Gasteiger partial charge on any atom is 0.215 e. The number of methoxy groups -OCH3 is 1. The Hall–Kier alpha value is -2.96. The molecule has 3 aromatic rings. The van der Waals surface area contributed by atoms with Crippen LogP contribution < -0.4 is 9.47 Å². The second-order valence-corrected chi connectivity index (χ2v) is 7.83. The minimum atomic E-state index is -0.000790. The van der Waals surface area contributed by atoms with E-state index in [1.807, 2.05) is 37.7 Å². The van der Waals surface area contributed by atoms with Crippen molar-refractivity contribution in [3.63, 3.8) is 0 Å². The molecule has 1 saturated carbocycles. The van der Waals surface area contributed by atoms with Crippen LogP contribution >= 0.6 is 0 Å². The van der Waals surface area contributed by atoms with Crippen LogP contribution in [0.25, 0.3) is 11.0 Å². The molecule has 7 nitrogen and oxygen atoms in total. The molecule has 1 fully saturated rings. The molecule has 4 rings (SSSR count). The standard InChI is InChI=1S/C22H26N4O3/c1-13(16-7-8-18(28-4)23-11-16)9-17(27)12-29-19-10-14(2)20-21(15-5-6-15)25-26(3)22(20)24-19/h7-8,10-11,13,15H,5-6,9,12H2,1-4H3. The lowest BCUT2D eigenvalue weighted by molar-refractivity contribution is -0.121. The van der Waals surface area contributed by atoms with Crippen molar-refractivity contribution < 1.29 is 14.3 Å². The molecule has 1 aliphatic rings. The highest BCUT2D eigenvalue weighted by molar-refractivity contribution is 5.84. The Kier molecular flexibility index (Phi) is 5.22. The molecule has 3 aromatic heterocycles. The quantitative estimate of drug-likeness (QED) is 0.580. The van der Waals surface area contributed by atoms with Crippen LogP contribution in [0.5, 0.6) is 11.8 Å². The summed E-state index contributed by atoms with van der Waals surface area (Å²) in [4.78, 5) is 21.2. The molecule has 1 atom stereocenters. The monoisotopic (exact) mass is 394 g/mol. The van der Waals surface area contributed by atoms with Gasteiger partial charge in [0.25, 0.3) is 0 Å². The zero-order valence-electron chi connectivity index (χ0n) is 17.3. The average Bonchev–Trinajstić information content (AvgIpc) is 3.50. The highest BCUT2D eigenvalue weighted by atomic mass is 16.5. The zero-order valence-corrected chi connectivity index (χ0v) is 17.3. The molecule has 0 aromatic carbocycles. The van der Waals surface area contributed by atoms with E-state index in [0.717, 1.165) is 27.9 Å². The molecular formula is C22H26N4O3. The van der Waals surface area contributed by atoms with E-state index in [2.05, 4.69) is 15.1 Å². The zero-order chi connectivity index (χ0) is 20.5. The van der Waals surface area contributed by atoms with Gasteiger partial charge in [0.1, 0.15) is 6.61 Å². The molecule has 0 amide bonds. The number of rotatable bonds is 8. The Bertz CT molecular complexity index is 1040. The molecule has 0 bridgehead atoms. The Morgan fingerprint density at radius 1 is 1.31 bits per heavy atom. The maximum absolute atomic E-state index is 12.4. The Labute approximate surface area is 170 Å². The van der Waals surface area contributed by atoms with Crippen LogP contribution in [0.4, 0.5) is 0 Å². The van der Waals surface area contributed by atoms with Gasteiger partial charge in [-0.15, -0.1) is 0 Å². The number of Topliss-reactive ketones (excluding diaryl/α,β-unsaturated/α-hetero) is 1. The summed E-state index contributed by atoms with van der Waals surface area (Å²) in [6.07, 6.45) is 4.52. The highest BCUT2D eigenvalue weighted by Crippen LogP contribution is 2.43. The van der Waals surface area contributed by atoms with Gasteiger partial charge in [-0.25, -0.2) is 4.98 Å². The summed E-state index contributed by atoms with van der Waals surface area (Å²) in [5, 5.41) is 5.77. The number of pyridine rings is 2. The largest absolute Gasteiger partial charge is 0.481 e. The van der Waals surface area contributed by atoms with Crippen LogP contribution in [0.15, 0.2) is 24.4 Å². The highest BCUT2D eigenvalue weighted by Gasteiger charge is 2.30. The first-order chi connectivity index (χ1) is 14.0. The number of hydrogen-bond donors (Lipinski definition) is 0. The number of ether oxygens (including phenoxy) is 2. The molecular weight excluding hydrogens is 368 g/mol. The van der Waals surface area contributed by atoms with Crippen molar-refractivity contribution in [2.75, 3.05) is 13.7 Å². The van der Waals surface area contributed by atoms with Crippen LogP contribution in [0.2, 0.25) is 0 Å². The molecule has 1 unspecified atom stereocenters. The molecule has 152 valence electrons. The summed E-state index contributed by atoms with van der Waals surface area (Å²) < 4.78 is 12.6. The molecule has 0 radical (unpaired) electrons. The van der Waals surface area contributed by atoms with Crippen molar-refractivity contribution in [3.05, 3.63) is 41.2 Å². The molecule has 29 heavy (non-hydrogen) atoms. The smallest absolute Gasteiger partial charge is 0.215 e. The fraction of sp³-hybridized carbons (Fsp3) is 0.455. The van der Waals surface area contributed by atoms with Gasteiger partial charge >= 0.3 is 0 Å². The first-order valence-electron chi connectivity index (χ1n) is 9.95. The summed E-state index contributed by atoms with van der Waals surface area (Å²) in [5.41, 5.74) is 4.03. The molecule has 3 heterocycles. The van der Waals surface area contributed by atoms with E-state index in [1.165, 1.54) is 12.8 Å². The summed E-state index contributed by atoms with van der Waals surface area (Å²) in [5.74, 6) is 1.66. The minimum Gasteiger partial charge on any atom is -0.481 e. The Morgan fingerprint density at radius 2 is 2.10 bits per heavy atom. The molecule has 0 spiro atoms. The Balaban J connectivity index is 1.41. The van der Waals surface area contributed by atoms with Crippen LogP contribution in [0.1, 0.15) is 54.8 Å². The number of ketones is 1. The summed E-state index contributed by atoms with van der Waals surface area (Å²) in [6, 6.07) is 5.64. The van der Waals surface area contributed by atoms with Crippen molar-refractivity contribution >= 4 is 16.8 Å². The van der Waals surface area contributed by atoms with Gasteiger partial charge in [0.15, 0.2) is 11.4 Å². The van der Waals surface area contributed by atoms with Crippen LogP contribution in [0, 0.1) is 6.92 Å². The van der Waals surface area contributed by atoms with E-state index >= 15 is 0 Å². The van der Waals surface area contributed by atoms with Crippen molar-refractivity contribution in [1.29, 1.82) is 0 Å². The maximum atomic E-state index is 12.4. The van der Waals surface area contributed by atoms with E-state index in [1.54, 1.807) is 19.4 Å². The van der Waals surface area contributed by atoms with Gasteiger partial charge in [-0.05, 0) is 36.8 Å². The van der Waals surface area contributed by atoms with E-state index in [4.69, 9.17) is 9.47 Å². The fourth-order valence-corrected chi connectivity index (χ4v) is 3.63. The van der Waals surface area contributed by atoms with Gasteiger partial charge in [0, 0.05) is 43.1 Å². The third kappa shape index (κ3) is 4.09. The van der Waals surface area contributed by atoms with E-state index in [0.29, 0.717) is 24.1 Å². The number of hydrogen-bond acceptors (Lipinski definition) is 6. The summed E-state index contributed by atoms with van der Waals surface area (Å²) in [6.45, 7) is 4.05. The molecule has 0 aliphatic heterocycles. The van der Waals surface area contributed by atoms with Crippen LogP contribution in [-0.4, -0.2) is 39.2 Å². The lowest BCUT2D eigenvalue weighted by Crippen LogP contribution is -2.14. The third-order valence-corrected chi connectivity index (χ3v) is 5.41. The number of carbonyl (C=O) groups excluding carboxylic acids is 1. The first-order valence-corrected chi connectivity index (χ1v) is 9.95. The van der Waals surface area contributed by atoms with Crippen molar-refractivity contribution in [2.45, 2.75) is 44.9 Å². The van der Waals surface area contributed by atoms with E-state index in [9.17, 15) is 4.79 Å². The first kappa shape index (κ1) is 19.4. The normalized spacial score (nSPS) is 14.8. The van der Waals surface area contributed by atoms with Gasteiger partial charge in [-0.1, -0.05) is 13.0 Å². The topological polar surface area (TPSA) is 79.1 Å². The van der Waals surface area contributed by atoms with Gasteiger partial charge in [-0.2, -0.15) is 10.1 Å². The number of nitrogens with zero attached hydrogens (tertiary/aromatic N) is 4. The van der Waals surface area contributed by atoms with E-state index < -0.39 is 0 Å². The second kappa shape index (κ2) is 7.81. The number of aromatic nitrogens is 4. The average molecular weight is 394 g/mol. The van der Waals surface area contributed by atoms with Crippen molar-refractivity contribution in [1.82, 2.24) is 19.7 Å². The van der Waals surface area contributed by atoms with Crippen molar-refractivity contribution in [2.24, 2.45) is 7.05 Å². The van der Waals surface area contributed by atoms with Crippen molar-refractivity contribution in [3.8, 4) is 11.8 Å². The molecule has 7 heteroatoms. The SMILES string of the molecule is COc1ccc(C(C)CC(=O)COc2cc(C)c3c(C4CC4)nn(C)c3n2)cn1. The molecule has 0 N–H and O–H groups in total. The predicted octanol–water partition coefficient (Wildman–Crippen LogP) is 3.70. The van der Waals surface area contributed by atoms with Crippen LogP contribution in [0.3, 0.4) is 0 Å². The van der Waals surface area contributed by atoms with Crippen LogP contribution in [-0.2, 0) is 11.8 Å². The van der Waals surface area contributed by atoms with Gasteiger partial charge in [0.2, 0.25) is 11.8 Å².